The van der Waals surface area contributed by atoms with E-state index in [1.54, 1.807) is 12.1 Å². The SMILES string of the molecule is CC(C(=O)N1CCc2ccccc21)N(c1cccc(C(F)(F)F)c1)S(C)(=O)=O. The summed E-state index contributed by atoms with van der Waals surface area (Å²) in [7, 11) is -4.01. The van der Waals surface area contributed by atoms with Crippen molar-refractivity contribution in [3.8, 4) is 0 Å². The van der Waals surface area contributed by atoms with Gasteiger partial charge in [-0.3, -0.25) is 9.10 Å². The molecule has 1 aliphatic rings. The number of alkyl halides is 3. The summed E-state index contributed by atoms with van der Waals surface area (Å²) in [6.07, 6.45) is -3.12. The number of nitrogens with zero attached hydrogens (tertiary/aromatic N) is 2. The molecule has 3 rings (SSSR count). The van der Waals surface area contributed by atoms with Crippen molar-refractivity contribution in [3.05, 3.63) is 59.7 Å². The summed E-state index contributed by atoms with van der Waals surface area (Å²) >= 11 is 0. The van der Waals surface area contributed by atoms with Crippen LogP contribution in [0.3, 0.4) is 0 Å². The molecule has 0 radical (unpaired) electrons. The third-order valence-electron chi connectivity index (χ3n) is 4.65. The fraction of sp³-hybridized carbons (Fsp3) is 0.316. The molecule has 0 saturated heterocycles. The van der Waals surface area contributed by atoms with Gasteiger partial charge in [0.2, 0.25) is 10.0 Å². The van der Waals surface area contributed by atoms with Gasteiger partial charge in [-0.15, -0.1) is 0 Å². The zero-order chi connectivity index (χ0) is 20.7. The van der Waals surface area contributed by atoms with Gasteiger partial charge in [-0.2, -0.15) is 13.2 Å². The number of benzene rings is 2. The van der Waals surface area contributed by atoms with Crippen LogP contribution >= 0.6 is 0 Å². The van der Waals surface area contributed by atoms with Crippen molar-refractivity contribution in [3.63, 3.8) is 0 Å². The van der Waals surface area contributed by atoms with Crippen LogP contribution in [0.2, 0.25) is 0 Å². The van der Waals surface area contributed by atoms with Gasteiger partial charge in [-0.05, 0) is 43.2 Å². The first kappa shape index (κ1) is 20.2. The standard InChI is InChI=1S/C19H19F3N2O3S/c1-13(18(25)23-11-10-14-6-3-4-9-17(14)23)24(28(2,26)27)16-8-5-7-15(12-16)19(20,21)22/h3-9,12-13H,10-11H2,1-2H3. The summed E-state index contributed by atoms with van der Waals surface area (Å²) in [5, 5.41) is 0. The third kappa shape index (κ3) is 3.84. The van der Waals surface area contributed by atoms with E-state index < -0.39 is 33.7 Å². The minimum absolute atomic E-state index is 0.203. The second-order valence-electron chi connectivity index (χ2n) is 6.65. The van der Waals surface area contributed by atoms with Crippen LogP contribution in [-0.2, 0) is 27.4 Å². The van der Waals surface area contributed by atoms with Gasteiger partial charge in [0, 0.05) is 12.2 Å². The molecule has 9 heteroatoms. The molecule has 1 heterocycles. The summed E-state index contributed by atoms with van der Waals surface area (Å²) in [4.78, 5) is 14.5. The number of carbonyl (C=O) groups excluding carboxylic acids is 1. The Kier molecular flexibility index (Phi) is 5.14. The predicted octanol–water partition coefficient (Wildman–Crippen LogP) is 3.45. The van der Waals surface area contributed by atoms with Gasteiger partial charge in [0.15, 0.2) is 0 Å². The maximum absolute atomic E-state index is 13.1. The van der Waals surface area contributed by atoms with Gasteiger partial charge >= 0.3 is 6.18 Å². The highest BCUT2D eigenvalue weighted by Crippen LogP contribution is 2.34. The summed E-state index contributed by atoms with van der Waals surface area (Å²) in [6.45, 7) is 1.77. The molecule has 28 heavy (non-hydrogen) atoms. The molecule has 150 valence electrons. The molecule has 1 amide bonds. The zero-order valence-electron chi connectivity index (χ0n) is 15.3. The smallest absolute Gasteiger partial charge is 0.310 e. The summed E-state index contributed by atoms with van der Waals surface area (Å²) in [5.74, 6) is -0.493. The molecule has 0 spiro atoms. The molecular weight excluding hydrogens is 393 g/mol. The molecule has 1 unspecified atom stereocenters. The van der Waals surface area contributed by atoms with Crippen molar-refractivity contribution in [2.75, 3.05) is 22.0 Å². The molecule has 0 aromatic heterocycles. The van der Waals surface area contributed by atoms with Gasteiger partial charge in [0.25, 0.3) is 5.91 Å². The average molecular weight is 412 g/mol. The molecular formula is C19H19F3N2O3S. The van der Waals surface area contributed by atoms with E-state index in [0.717, 1.165) is 34.3 Å². The van der Waals surface area contributed by atoms with Crippen molar-refractivity contribution in [2.24, 2.45) is 0 Å². The fourth-order valence-corrected chi connectivity index (χ4v) is 4.58. The highest BCUT2D eigenvalue weighted by molar-refractivity contribution is 7.92. The summed E-state index contributed by atoms with van der Waals surface area (Å²) in [5.41, 5.74) is 0.473. The van der Waals surface area contributed by atoms with Gasteiger partial charge in [0.1, 0.15) is 6.04 Å². The zero-order valence-corrected chi connectivity index (χ0v) is 16.1. The van der Waals surface area contributed by atoms with Gasteiger partial charge in [-0.25, -0.2) is 8.42 Å². The number of hydrogen-bond donors (Lipinski definition) is 0. The lowest BCUT2D eigenvalue weighted by atomic mass is 10.1. The van der Waals surface area contributed by atoms with Crippen LogP contribution in [0, 0.1) is 0 Å². The Morgan fingerprint density at radius 1 is 1.14 bits per heavy atom. The lowest BCUT2D eigenvalue weighted by Gasteiger charge is -2.31. The van der Waals surface area contributed by atoms with Gasteiger partial charge in [-0.1, -0.05) is 24.3 Å². The number of para-hydroxylation sites is 1. The Morgan fingerprint density at radius 2 is 1.82 bits per heavy atom. The van der Waals surface area contributed by atoms with Crippen molar-refractivity contribution < 1.29 is 26.4 Å². The van der Waals surface area contributed by atoms with Crippen LogP contribution in [-0.4, -0.2) is 33.2 Å². The summed E-state index contributed by atoms with van der Waals surface area (Å²) < 4.78 is 64.7. The normalized spacial score (nSPS) is 15.2. The molecule has 2 aromatic carbocycles. The number of fused-ring (bicyclic) bond motifs is 1. The molecule has 0 bridgehead atoms. The van der Waals surface area contributed by atoms with Crippen molar-refractivity contribution >= 4 is 27.3 Å². The Morgan fingerprint density at radius 3 is 2.46 bits per heavy atom. The minimum atomic E-state index is -4.62. The highest BCUT2D eigenvalue weighted by atomic mass is 32.2. The van der Waals surface area contributed by atoms with E-state index >= 15 is 0 Å². The largest absolute Gasteiger partial charge is 0.416 e. The molecule has 1 atom stereocenters. The third-order valence-corrected chi connectivity index (χ3v) is 5.89. The molecule has 5 nitrogen and oxygen atoms in total. The molecule has 1 aliphatic heterocycles. The van der Waals surface area contributed by atoms with E-state index in [2.05, 4.69) is 0 Å². The van der Waals surface area contributed by atoms with Crippen LogP contribution in [0.25, 0.3) is 0 Å². The number of sulfonamides is 1. The quantitative estimate of drug-likeness (QED) is 0.773. The number of amides is 1. The van der Waals surface area contributed by atoms with E-state index in [4.69, 9.17) is 0 Å². The maximum Gasteiger partial charge on any atom is 0.416 e. The number of anilines is 2. The van der Waals surface area contributed by atoms with E-state index in [1.807, 2.05) is 12.1 Å². The van der Waals surface area contributed by atoms with E-state index in [0.29, 0.717) is 18.7 Å². The first-order valence-corrected chi connectivity index (χ1v) is 10.4. The highest BCUT2D eigenvalue weighted by Gasteiger charge is 2.36. The molecule has 0 fully saturated rings. The first-order valence-electron chi connectivity index (χ1n) is 8.56. The van der Waals surface area contributed by atoms with E-state index in [9.17, 15) is 26.4 Å². The van der Waals surface area contributed by atoms with Crippen molar-refractivity contribution in [1.82, 2.24) is 0 Å². The molecule has 0 N–H and O–H groups in total. The topological polar surface area (TPSA) is 57.7 Å². The molecule has 2 aromatic rings. The van der Waals surface area contributed by atoms with Crippen LogP contribution < -0.4 is 9.21 Å². The van der Waals surface area contributed by atoms with E-state index in [-0.39, 0.29) is 5.69 Å². The molecule has 0 saturated carbocycles. The first-order chi connectivity index (χ1) is 13.0. The fourth-order valence-electron chi connectivity index (χ4n) is 3.41. The number of carbonyl (C=O) groups is 1. The Hall–Kier alpha value is -2.55. The van der Waals surface area contributed by atoms with Gasteiger partial charge in [0.05, 0.1) is 17.5 Å². The molecule has 0 aliphatic carbocycles. The van der Waals surface area contributed by atoms with E-state index in [1.165, 1.54) is 17.9 Å². The average Bonchev–Trinajstić information content (AvgIpc) is 3.03. The summed E-state index contributed by atoms with van der Waals surface area (Å²) in [6, 6.07) is 10.0. The Balaban J connectivity index is 1.99. The second-order valence-corrected chi connectivity index (χ2v) is 8.51. The van der Waals surface area contributed by atoms with Crippen LogP contribution in [0.15, 0.2) is 48.5 Å². The maximum atomic E-state index is 13.1. The second kappa shape index (κ2) is 7.12. The van der Waals surface area contributed by atoms with Crippen molar-refractivity contribution in [2.45, 2.75) is 25.6 Å². The minimum Gasteiger partial charge on any atom is -0.310 e. The predicted molar refractivity (Wildman–Crippen MR) is 101 cm³/mol. The van der Waals surface area contributed by atoms with Crippen LogP contribution in [0.4, 0.5) is 24.5 Å². The lowest BCUT2D eigenvalue weighted by Crippen LogP contribution is -2.49. The lowest BCUT2D eigenvalue weighted by molar-refractivity contribution is -0.137. The number of halogens is 3. The Labute approximate surface area is 161 Å². The Bertz CT molecular complexity index is 1010. The van der Waals surface area contributed by atoms with Gasteiger partial charge < -0.3 is 4.90 Å². The number of hydrogen-bond acceptors (Lipinski definition) is 3. The monoisotopic (exact) mass is 412 g/mol. The van der Waals surface area contributed by atoms with Crippen molar-refractivity contribution in [1.29, 1.82) is 0 Å². The number of rotatable bonds is 4. The van der Waals surface area contributed by atoms with Crippen LogP contribution in [0.5, 0.6) is 0 Å². The van der Waals surface area contributed by atoms with Crippen LogP contribution in [0.1, 0.15) is 18.1 Å².